The van der Waals surface area contributed by atoms with Crippen molar-refractivity contribution in [3.05, 3.63) is 58.6 Å². The van der Waals surface area contributed by atoms with Crippen LogP contribution in [-0.2, 0) is 9.57 Å². The molecule has 1 fully saturated rings. The van der Waals surface area contributed by atoms with E-state index in [2.05, 4.69) is 4.98 Å². The maximum atomic E-state index is 11.9. The van der Waals surface area contributed by atoms with Gasteiger partial charge in [-0.1, -0.05) is 18.2 Å². The first-order valence-electron chi connectivity index (χ1n) is 7.37. The number of aliphatic hydroxyl groups is 2. The zero-order valence-corrected chi connectivity index (χ0v) is 12.9. The molecule has 1 aromatic carbocycles. The summed E-state index contributed by atoms with van der Waals surface area (Å²) in [6.45, 7) is -0.320. The number of aromatic nitrogens is 2. The van der Waals surface area contributed by atoms with Gasteiger partial charge < -0.3 is 20.7 Å². The van der Waals surface area contributed by atoms with Crippen molar-refractivity contribution in [1.82, 2.24) is 9.66 Å². The first-order valence-corrected chi connectivity index (χ1v) is 7.37. The summed E-state index contributed by atoms with van der Waals surface area (Å²) in [4.78, 5) is 32.5. The van der Waals surface area contributed by atoms with E-state index >= 15 is 0 Å². The highest BCUT2D eigenvalue weighted by Gasteiger charge is 2.43. The second kappa shape index (κ2) is 6.89. The number of ether oxygens (including phenoxy) is 1. The second-order valence-corrected chi connectivity index (χ2v) is 5.29. The van der Waals surface area contributed by atoms with Gasteiger partial charge in [-0.25, -0.2) is 14.4 Å². The largest absolute Gasteiger partial charge is 0.459 e. The Hall–Kier alpha value is -2.95. The van der Waals surface area contributed by atoms with Crippen LogP contribution in [0.25, 0.3) is 0 Å². The van der Waals surface area contributed by atoms with E-state index in [0.717, 1.165) is 9.85 Å². The molecule has 25 heavy (non-hydrogen) atoms. The van der Waals surface area contributed by atoms with Gasteiger partial charge in [0, 0.05) is 6.20 Å². The predicted octanol–water partition coefficient (Wildman–Crippen LogP) is -1.39. The third kappa shape index (κ3) is 3.45. The van der Waals surface area contributed by atoms with Crippen molar-refractivity contribution in [3.8, 4) is 0 Å². The summed E-state index contributed by atoms with van der Waals surface area (Å²) in [5, 5.41) is 20.8. The fourth-order valence-corrected chi connectivity index (χ4v) is 2.27. The molecule has 0 amide bonds. The fourth-order valence-electron chi connectivity index (χ4n) is 2.27. The summed E-state index contributed by atoms with van der Waals surface area (Å²) < 4.78 is 5.93. The van der Waals surface area contributed by atoms with E-state index in [1.165, 1.54) is 12.3 Å². The number of anilines is 1. The van der Waals surface area contributed by atoms with Gasteiger partial charge in [-0.15, -0.1) is 0 Å². The number of aliphatic hydroxyl groups excluding tert-OH is 2. The van der Waals surface area contributed by atoms with Gasteiger partial charge in [0.05, 0.1) is 5.56 Å². The van der Waals surface area contributed by atoms with Gasteiger partial charge in [0.2, 0.25) is 0 Å². The Morgan fingerprint density at radius 2 is 2.00 bits per heavy atom. The number of carbonyl (C=O) groups excluding carboxylic acids is 1. The summed E-state index contributed by atoms with van der Waals surface area (Å²) in [6.07, 6.45) is -2.79. The molecule has 1 saturated heterocycles. The van der Waals surface area contributed by atoms with Crippen LogP contribution >= 0.6 is 0 Å². The van der Waals surface area contributed by atoms with Crippen LogP contribution in [-0.4, -0.2) is 50.9 Å². The molecule has 10 nitrogen and oxygen atoms in total. The molecule has 1 aliphatic heterocycles. The number of esters is 1. The summed E-state index contributed by atoms with van der Waals surface area (Å²) >= 11 is 0. The molecule has 10 heteroatoms. The van der Waals surface area contributed by atoms with E-state index in [1.807, 2.05) is 0 Å². The van der Waals surface area contributed by atoms with Crippen LogP contribution in [0, 0.1) is 0 Å². The Morgan fingerprint density at radius 3 is 2.68 bits per heavy atom. The molecular formula is C15H16N4O6. The Balaban J connectivity index is 1.68. The topological polar surface area (TPSA) is 140 Å². The summed E-state index contributed by atoms with van der Waals surface area (Å²) in [7, 11) is 0. The molecule has 4 N–H and O–H groups in total. The minimum atomic E-state index is -1.55. The Bertz CT molecular complexity index is 811. The third-order valence-corrected chi connectivity index (χ3v) is 3.56. The highest BCUT2D eigenvalue weighted by Crippen LogP contribution is 2.19. The molecule has 1 aliphatic rings. The molecular weight excluding hydrogens is 332 g/mol. The van der Waals surface area contributed by atoms with Gasteiger partial charge in [0.1, 0.15) is 18.5 Å². The molecule has 132 valence electrons. The molecule has 0 saturated carbocycles. The lowest BCUT2D eigenvalue weighted by Crippen LogP contribution is -2.47. The summed E-state index contributed by atoms with van der Waals surface area (Å²) in [5.74, 6) is -0.598. The van der Waals surface area contributed by atoms with Crippen LogP contribution < -0.4 is 16.6 Å². The van der Waals surface area contributed by atoms with E-state index in [9.17, 15) is 19.8 Å². The molecule has 0 radical (unpaired) electrons. The monoisotopic (exact) mass is 348 g/mol. The van der Waals surface area contributed by atoms with Crippen molar-refractivity contribution in [2.45, 2.75) is 18.4 Å². The first-order chi connectivity index (χ1) is 12.0. The lowest BCUT2D eigenvalue weighted by molar-refractivity contribution is -0.0345. The Morgan fingerprint density at radius 1 is 1.28 bits per heavy atom. The average Bonchev–Trinajstić information content (AvgIpc) is 2.89. The molecule has 0 aliphatic carbocycles. The number of nitrogens with zero attached hydrogens (tertiary/aromatic N) is 3. The van der Waals surface area contributed by atoms with Gasteiger partial charge in [-0.2, -0.15) is 14.8 Å². The quantitative estimate of drug-likeness (QED) is 0.570. The SMILES string of the molecule is Nc1ccn(N2O[C@H](COC(=O)c3ccccc3)[C@@H](O)[C@H]2O)c(=O)n1. The Kier molecular flexibility index (Phi) is 4.65. The van der Waals surface area contributed by atoms with Crippen LogP contribution in [0.2, 0.25) is 0 Å². The van der Waals surface area contributed by atoms with E-state index in [4.69, 9.17) is 15.3 Å². The molecule has 3 rings (SSSR count). The van der Waals surface area contributed by atoms with Gasteiger partial charge in [0.25, 0.3) is 0 Å². The van der Waals surface area contributed by atoms with E-state index in [0.29, 0.717) is 5.56 Å². The fraction of sp³-hybridized carbons (Fsp3) is 0.267. The molecule has 2 heterocycles. The predicted molar refractivity (Wildman–Crippen MR) is 84.7 cm³/mol. The second-order valence-electron chi connectivity index (χ2n) is 5.29. The van der Waals surface area contributed by atoms with Crippen LogP contribution in [0.1, 0.15) is 10.4 Å². The average molecular weight is 348 g/mol. The van der Waals surface area contributed by atoms with Crippen LogP contribution in [0.3, 0.4) is 0 Å². The van der Waals surface area contributed by atoms with Crippen molar-refractivity contribution < 1.29 is 24.6 Å². The number of hydrogen-bond donors (Lipinski definition) is 3. The first kappa shape index (κ1) is 16.9. The lowest BCUT2D eigenvalue weighted by Gasteiger charge is -2.21. The molecule has 3 atom stereocenters. The maximum absolute atomic E-state index is 11.9. The van der Waals surface area contributed by atoms with Crippen molar-refractivity contribution >= 4 is 11.8 Å². The van der Waals surface area contributed by atoms with Gasteiger partial charge in [-0.05, 0) is 18.2 Å². The molecule has 0 unspecified atom stereocenters. The number of rotatable bonds is 4. The van der Waals surface area contributed by atoms with Gasteiger partial charge in [-0.3, -0.25) is 0 Å². The normalized spacial score (nSPS) is 22.8. The highest BCUT2D eigenvalue weighted by molar-refractivity contribution is 5.89. The number of hydroxylamine groups is 1. The van der Waals surface area contributed by atoms with E-state index < -0.39 is 30.1 Å². The number of nitrogen functional groups attached to an aromatic ring is 1. The highest BCUT2D eigenvalue weighted by atomic mass is 16.8. The van der Waals surface area contributed by atoms with Gasteiger partial charge in [0.15, 0.2) is 12.3 Å². The van der Waals surface area contributed by atoms with Crippen LogP contribution in [0.5, 0.6) is 0 Å². The smallest absolute Gasteiger partial charge is 0.370 e. The minimum Gasteiger partial charge on any atom is -0.459 e. The van der Waals surface area contributed by atoms with Crippen molar-refractivity contribution in [2.24, 2.45) is 0 Å². The molecule has 0 spiro atoms. The van der Waals surface area contributed by atoms with Crippen molar-refractivity contribution in [3.63, 3.8) is 0 Å². The molecule has 0 bridgehead atoms. The number of hydrogen-bond acceptors (Lipinski definition) is 9. The molecule has 2 aromatic rings. The molecule has 1 aromatic heterocycles. The zero-order valence-electron chi connectivity index (χ0n) is 12.9. The maximum Gasteiger partial charge on any atom is 0.370 e. The van der Waals surface area contributed by atoms with Gasteiger partial charge >= 0.3 is 11.7 Å². The van der Waals surface area contributed by atoms with Crippen molar-refractivity contribution in [1.29, 1.82) is 0 Å². The summed E-state index contributed by atoms with van der Waals surface area (Å²) in [6, 6.07) is 9.61. The zero-order chi connectivity index (χ0) is 18.0. The van der Waals surface area contributed by atoms with Crippen LogP contribution in [0.4, 0.5) is 5.82 Å². The Labute approximate surface area is 141 Å². The lowest BCUT2D eigenvalue weighted by atomic mass is 10.2. The standard InChI is InChI=1S/C15H16N4O6/c16-11-6-7-18(15(23)17-11)19-13(21)12(20)10(25-19)8-24-14(22)9-4-2-1-3-5-9/h1-7,10,12-13,20-21H,8H2,(H2,16,17,23)/t10-,12-,13-/m1/s1. The number of nitrogens with two attached hydrogens (primary N) is 1. The van der Waals surface area contributed by atoms with E-state index in [1.54, 1.807) is 30.3 Å². The number of carbonyl (C=O) groups is 1. The van der Waals surface area contributed by atoms with Crippen LogP contribution in [0.15, 0.2) is 47.4 Å². The third-order valence-electron chi connectivity index (χ3n) is 3.56. The van der Waals surface area contributed by atoms with Crippen molar-refractivity contribution in [2.75, 3.05) is 17.5 Å². The summed E-state index contributed by atoms with van der Waals surface area (Å²) in [5.41, 5.74) is 4.94. The van der Waals surface area contributed by atoms with E-state index in [-0.39, 0.29) is 12.4 Å². The minimum absolute atomic E-state index is 0.00354. The number of benzene rings is 1.